The maximum absolute atomic E-state index is 12.2. The number of hydrogen-bond donors (Lipinski definition) is 2. The lowest BCUT2D eigenvalue weighted by atomic mass is 10.2. The average molecular weight is 391 g/mol. The van der Waals surface area contributed by atoms with Gasteiger partial charge in [-0.15, -0.1) is 0 Å². The van der Waals surface area contributed by atoms with E-state index in [0.29, 0.717) is 33.7 Å². The van der Waals surface area contributed by atoms with E-state index in [-0.39, 0.29) is 0 Å². The fraction of sp³-hybridized carbons (Fsp3) is 0.111. The highest BCUT2D eigenvalue weighted by Gasteiger charge is 2.10. The number of anilines is 2. The van der Waals surface area contributed by atoms with E-state index in [2.05, 4.69) is 15.7 Å². The van der Waals surface area contributed by atoms with Crippen molar-refractivity contribution in [2.24, 2.45) is 0 Å². The molecule has 3 rings (SSSR count). The van der Waals surface area contributed by atoms with Crippen LogP contribution in [0, 0.1) is 0 Å². The van der Waals surface area contributed by atoms with Gasteiger partial charge in [-0.3, -0.25) is 4.68 Å². The normalized spacial score (nSPS) is 10.4. The number of hydrogen-bond acceptors (Lipinski definition) is 3. The minimum Gasteiger partial charge on any atom is -0.495 e. The summed E-state index contributed by atoms with van der Waals surface area (Å²) >= 11 is 12.1. The molecule has 0 aliphatic heterocycles. The molecule has 0 atom stereocenters. The van der Waals surface area contributed by atoms with Crippen LogP contribution in [0.4, 0.5) is 16.2 Å². The molecule has 0 aliphatic carbocycles. The van der Waals surface area contributed by atoms with Gasteiger partial charge < -0.3 is 15.4 Å². The van der Waals surface area contributed by atoms with E-state index in [4.69, 9.17) is 27.9 Å². The molecule has 1 heterocycles. The first-order valence-electron chi connectivity index (χ1n) is 7.72. The Kier molecular flexibility index (Phi) is 5.65. The Morgan fingerprint density at radius 1 is 1.19 bits per heavy atom. The highest BCUT2D eigenvalue weighted by Crippen LogP contribution is 2.27. The van der Waals surface area contributed by atoms with Gasteiger partial charge in [-0.05, 0) is 29.8 Å². The van der Waals surface area contributed by atoms with Crippen LogP contribution in [0.1, 0.15) is 5.56 Å². The second-order valence-electron chi connectivity index (χ2n) is 5.44. The number of urea groups is 1. The van der Waals surface area contributed by atoms with Crippen LogP contribution in [0.3, 0.4) is 0 Å². The molecule has 2 aromatic carbocycles. The molecule has 0 saturated heterocycles. The van der Waals surface area contributed by atoms with Crippen molar-refractivity contribution in [3.8, 4) is 5.75 Å². The first-order chi connectivity index (χ1) is 12.5. The molecule has 6 nitrogen and oxygen atoms in total. The van der Waals surface area contributed by atoms with Crippen molar-refractivity contribution >= 4 is 40.6 Å². The number of carbonyl (C=O) groups excluding carboxylic acids is 1. The number of aromatic nitrogens is 2. The summed E-state index contributed by atoms with van der Waals surface area (Å²) < 4.78 is 6.89. The van der Waals surface area contributed by atoms with Crippen LogP contribution in [-0.4, -0.2) is 22.9 Å². The van der Waals surface area contributed by atoms with E-state index in [1.807, 2.05) is 24.3 Å². The van der Waals surface area contributed by atoms with Crippen molar-refractivity contribution in [1.82, 2.24) is 9.78 Å². The standard InChI is InChI=1S/C18H16Cl2N4O2/c1-26-17-7-6-13(19)8-16(17)23-18(25)22-14-9-21-24(11-14)10-12-4-2-3-5-15(12)20/h2-9,11H,10H2,1H3,(H2,22,23,25). The van der Waals surface area contributed by atoms with Gasteiger partial charge in [0.25, 0.3) is 0 Å². The summed E-state index contributed by atoms with van der Waals surface area (Å²) in [7, 11) is 1.52. The summed E-state index contributed by atoms with van der Waals surface area (Å²) in [6.45, 7) is 0.505. The maximum atomic E-state index is 12.2. The number of nitrogens with zero attached hydrogens (tertiary/aromatic N) is 2. The lowest BCUT2D eigenvalue weighted by Crippen LogP contribution is -2.19. The van der Waals surface area contributed by atoms with Gasteiger partial charge in [-0.25, -0.2) is 4.79 Å². The van der Waals surface area contributed by atoms with Gasteiger partial charge in [0.2, 0.25) is 0 Å². The SMILES string of the molecule is COc1ccc(Cl)cc1NC(=O)Nc1cnn(Cc2ccccc2Cl)c1. The number of ether oxygens (including phenoxy) is 1. The van der Waals surface area contributed by atoms with Crippen molar-refractivity contribution in [1.29, 1.82) is 0 Å². The molecular formula is C18H16Cl2N4O2. The highest BCUT2D eigenvalue weighted by molar-refractivity contribution is 6.31. The molecule has 3 aromatic rings. The van der Waals surface area contributed by atoms with E-state index in [1.165, 1.54) is 7.11 Å². The van der Waals surface area contributed by atoms with Crippen molar-refractivity contribution < 1.29 is 9.53 Å². The second-order valence-corrected chi connectivity index (χ2v) is 6.29. The quantitative estimate of drug-likeness (QED) is 0.651. The lowest BCUT2D eigenvalue weighted by molar-refractivity contribution is 0.262. The van der Waals surface area contributed by atoms with Crippen molar-refractivity contribution in [2.75, 3.05) is 17.7 Å². The van der Waals surface area contributed by atoms with Gasteiger partial charge in [-0.2, -0.15) is 5.10 Å². The number of amides is 2. The Hall–Kier alpha value is -2.70. The van der Waals surface area contributed by atoms with E-state index >= 15 is 0 Å². The fourth-order valence-electron chi connectivity index (χ4n) is 2.38. The van der Waals surface area contributed by atoms with Crippen LogP contribution in [-0.2, 0) is 6.54 Å². The molecule has 0 fully saturated rings. The zero-order valence-corrected chi connectivity index (χ0v) is 15.4. The third-order valence-electron chi connectivity index (χ3n) is 3.59. The van der Waals surface area contributed by atoms with Crippen LogP contribution < -0.4 is 15.4 Å². The fourth-order valence-corrected chi connectivity index (χ4v) is 2.75. The Morgan fingerprint density at radius 2 is 2.00 bits per heavy atom. The predicted molar refractivity (Wildman–Crippen MR) is 103 cm³/mol. The molecule has 1 aromatic heterocycles. The lowest BCUT2D eigenvalue weighted by Gasteiger charge is -2.10. The summed E-state index contributed by atoms with van der Waals surface area (Å²) in [5.41, 5.74) is 1.97. The molecule has 0 aliphatic rings. The summed E-state index contributed by atoms with van der Waals surface area (Å²) in [6, 6.07) is 12.1. The molecule has 0 unspecified atom stereocenters. The molecule has 2 N–H and O–H groups in total. The van der Waals surface area contributed by atoms with Gasteiger partial charge in [0.1, 0.15) is 5.75 Å². The molecule has 0 bridgehead atoms. The Labute approximate surface area is 160 Å². The number of nitrogens with one attached hydrogen (secondary N) is 2. The predicted octanol–water partition coefficient (Wildman–Crippen LogP) is 4.89. The van der Waals surface area contributed by atoms with Crippen LogP contribution in [0.25, 0.3) is 0 Å². The van der Waals surface area contributed by atoms with Crippen LogP contribution in [0.5, 0.6) is 5.75 Å². The number of halogens is 2. The number of rotatable bonds is 5. The Bertz CT molecular complexity index is 927. The minimum atomic E-state index is -0.428. The van der Waals surface area contributed by atoms with Gasteiger partial charge in [0.15, 0.2) is 0 Å². The van der Waals surface area contributed by atoms with Crippen LogP contribution in [0.15, 0.2) is 54.9 Å². The van der Waals surface area contributed by atoms with E-state index in [9.17, 15) is 4.79 Å². The second kappa shape index (κ2) is 8.12. The molecule has 8 heteroatoms. The molecular weight excluding hydrogens is 375 g/mol. The highest BCUT2D eigenvalue weighted by atomic mass is 35.5. The maximum Gasteiger partial charge on any atom is 0.323 e. The smallest absolute Gasteiger partial charge is 0.323 e. The zero-order valence-electron chi connectivity index (χ0n) is 13.9. The van der Waals surface area contributed by atoms with E-state index in [1.54, 1.807) is 35.3 Å². The monoisotopic (exact) mass is 390 g/mol. The minimum absolute atomic E-state index is 0.428. The molecule has 0 saturated carbocycles. The third kappa shape index (κ3) is 4.47. The van der Waals surface area contributed by atoms with Gasteiger partial charge in [-0.1, -0.05) is 41.4 Å². The van der Waals surface area contributed by atoms with Crippen molar-refractivity contribution in [3.05, 3.63) is 70.5 Å². The number of benzene rings is 2. The Morgan fingerprint density at radius 3 is 2.77 bits per heavy atom. The summed E-state index contributed by atoms with van der Waals surface area (Å²) in [5.74, 6) is 0.513. The largest absolute Gasteiger partial charge is 0.495 e. The van der Waals surface area contributed by atoms with Gasteiger partial charge in [0.05, 0.1) is 31.2 Å². The van der Waals surface area contributed by atoms with Crippen LogP contribution in [0.2, 0.25) is 10.0 Å². The van der Waals surface area contributed by atoms with Crippen molar-refractivity contribution in [2.45, 2.75) is 6.54 Å². The molecule has 0 spiro atoms. The van der Waals surface area contributed by atoms with Gasteiger partial charge in [0, 0.05) is 16.2 Å². The first-order valence-corrected chi connectivity index (χ1v) is 8.48. The van der Waals surface area contributed by atoms with Crippen LogP contribution >= 0.6 is 23.2 Å². The van der Waals surface area contributed by atoms with Crippen molar-refractivity contribution in [3.63, 3.8) is 0 Å². The third-order valence-corrected chi connectivity index (χ3v) is 4.19. The Balaban J connectivity index is 1.65. The molecule has 0 radical (unpaired) electrons. The zero-order chi connectivity index (χ0) is 18.5. The van der Waals surface area contributed by atoms with E-state index in [0.717, 1.165) is 5.56 Å². The summed E-state index contributed by atoms with van der Waals surface area (Å²) in [4.78, 5) is 12.2. The number of carbonyl (C=O) groups is 1. The topological polar surface area (TPSA) is 68.2 Å². The summed E-state index contributed by atoms with van der Waals surface area (Å²) in [5, 5.41) is 10.8. The van der Waals surface area contributed by atoms with E-state index < -0.39 is 6.03 Å². The van der Waals surface area contributed by atoms with Gasteiger partial charge >= 0.3 is 6.03 Å². The molecule has 2 amide bonds. The number of methoxy groups -OCH3 is 1. The summed E-state index contributed by atoms with van der Waals surface area (Å²) in [6.07, 6.45) is 3.28. The average Bonchev–Trinajstić information content (AvgIpc) is 3.04. The first kappa shape index (κ1) is 18.1. The molecule has 26 heavy (non-hydrogen) atoms. The molecule has 134 valence electrons.